The second kappa shape index (κ2) is 4.44. The minimum atomic E-state index is -0.204. The third-order valence-electron chi connectivity index (χ3n) is 2.59. The van der Waals surface area contributed by atoms with E-state index < -0.39 is 0 Å². The predicted octanol–water partition coefficient (Wildman–Crippen LogP) is 3.02. The van der Waals surface area contributed by atoms with Crippen molar-refractivity contribution in [2.45, 2.75) is 6.42 Å². The van der Waals surface area contributed by atoms with E-state index in [0.29, 0.717) is 0 Å². The molecular formula is C14H10FNSe. The molecule has 0 aliphatic carbocycles. The van der Waals surface area contributed by atoms with Crippen molar-refractivity contribution in [3.63, 3.8) is 0 Å². The van der Waals surface area contributed by atoms with Gasteiger partial charge in [-0.15, -0.1) is 0 Å². The first-order chi connectivity index (χ1) is 8.31. The fourth-order valence-corrected chi connectivity index (χ4v) is 3.85. The van der Waals surface area contributed by atoms with Crippen LogP contribution >= 0.6 is 0 Å². The Kier molecular flexibility index (Phi) is 2.79. The van der Waals surface area contributed by atoms with Crippen LogP contribution in [0.1, 0.15) is 10.1 Å². The first-order valence-electron chi connectivity index (χ1n) is 5.40. The summed E-state index contributed by atoms with van der Waals surface area (Å²) < 4.78 is 15.4. The van der Waals surface area contributed by atoms with Gasteiger partial charge in [0.15, 0.2) is 0 Å². The van der Waals surface area contributed by atoms with Crippen molar-refractivity contribution in [3.8, 4) is 0 Å². The molecule has 0 amide bonds. The maximum absolute atomic E-state index is 13.1. The molecule has 1 heterocycles. The van der Waals surface area contributed by atoms with Crippen molar-refractivity contribution in [3.05, 3.63) is 64.5 Å². The maximum atomic E-state index is 13.1. The molecule has 0 atom stereocenters. The molecular weight excluding hydrogens is 280 g/mol. The molecule has 0 spiro atoms. The number of benzene rings is 2. The summed E-state index contributed by atoms with van der Waals surface area (Å²) in [5.41, 5.74) is 2.08. The predicted molar refractivity (Wildman–Crippen MR) is 67.9 cm³/mol. The third-order valence-corrected chi connectivity index (χ3v) is 4.77. The number of nitrogens with zero attached hydrogens (tertiary/aromatic N) is 1. The molecule has 0 saturated carbocycles. The van der Waals surface area contributed by atoms with Gasteiger partial charge in [0, 0.05) is 0 Å². The molecule has 3 rings (SSSR count). The van der Waals surface area contributed by atoms with Crippen LogP contribution in [0.15, 0.2) is 48.5 Å². The normalized spacial score (nSPS) is 10.9. The van der Waals surface area contributed by atoms with Gasteiger partial charge in [0.1, 0.15) is 0 Å². The summed E-state index contributed by atoms with van der Waals surface area (Å²) in [6, 6.07) is 15.2. The van der Waals surface area contributed by atoms with Crippen molar-refractivity contribution < 1.29 is 4.39 Å². The van der Waals surface area contributed by atoms with Crippen molar-refractivity contribution in [2.24, 2.45) is 0 Å². The molecule has 0 unspecified atom stereocenters. The fourth-order valence-electron chi connectivity index (χ4n) is 1.79. The molecule has 17 heavy (non-hydrogen) atoms. The van der Waals surface area contributed by atoms with Gasteiger partial charge in [0.2, 0.25) is 0 Å². The fraction of sp³-hybridized carbons (Fsp3) is 0.0714. The van der Waals surface area contributed by atoms with Crippen LogP contribution in [0.25, 0.3) is 9.78 Å². The van der Waals surface area contributed by atoms with E-state index in [0.717, 1.165) is 11.9 Å². The van der Waals surface area contributed by atoms with Crippen molar-refractivity contribution in [2.75, 3.05) is 0 Å². The summed E-state index contributed by atoms with van der Waals surface area (Å²) >= 11 is 0.249. The van der Waals surface area contributed by atoms with Gasteiger partial charge < -0.3 is 0 Å². The minimum absolute atomic E-state index is 0.204. The summed E-state index contributed by atoms with van der Waals surface area (Å²) in [6.45, 7) is 0. The van der Waals surface area contributed by atoms with Crippen LogP contribution in [0, 0.1) is 5.82 Å². The summed E-state index contributed by atoms with van der Waals surface area (Å²) in [7, 11) is 0. The Hall–Kier alpha value is -1.44. The molecule has 2 aromatic carbocycles. The average Bonchev–Trinajstić information content (AvgIpc) is 2.71. The Morgan fingerprint density at radius 3 is 2.71 bits per heavy atom. The molecule has 0 fully saturated rings. The van der Waals surface area contributed by atoms with E-state index in [1.54, 1.807) is 0 Å². The summed E-state index contributed by atoms with van der Waals surface area (Å²) in [5.74, 6) is -0.204. The van der Waals surface area contributed by atoms with Gasteiger partial charge in [-0.2, -0.15) is 0 Å². The number of halogens is 1. The zero-order chi connectivity index (χ0) is 11.7. The Bertz CT molecular complexity index is 646. The van der Waals surface area contributed by atoms with E-state index in [1.807, 2.05) is 24.3 Å². The van der Waals surface area contributed by atoms with Gasteiger partial charge in [0.05, 0.1) is 0 Å². The van der Waals surface area contributed by atoms with Gasteiger partial charge in [-0.05, 0) is 0 Å². The molecule has 0 aliphatic rings. The van der Waals surface area contributed by atoms with Gasteiger partial charge in [-0.3, -0.25) is 0 Å². The van der Waals surface area contributed by atoms with Gasteiger partial charge >= 0.3 is 105 Å². The van der Waals surface area contributed by atoms with E-state index in [4.69, 9.17) is 0 Å². The molecule has 0 aliphatic heterocycles. The molecule has 0 N–H and O–H groups in total. The first kappa shape index (κ1) is 10.7. The number of hydrogen-bond donors (Lipinski definition) is 0. The van der Waals surface area contributed by atoms with Crippen molar-refractivity contribution >= 4 is 24.3 Å². The van der Waals surface area contributed by atoms with E-state index in [9.17, 15) is 4.39 Å². The monoisotopic (exact) mass is 291 g/mol. The van der Waals surface area contributed by atoms with E-state index in [-0.39, 0.29) is 20.3 Å². The van der Waals surface area contributed by atoms with E-state index in [1.165, 1.54) is 26.5 Å². The number of fused-ring (bicyclic) bond motifs is 1. The molecule has 3 heteroatoms. The van der Waals surface area contributed by atoms with Gasteiger partial charge in [-0.1, -0.05) is 0 Å². The van der Waals surface area contributed by atoms with E-state index >= 15 is 0 Å². The SMILES string of the molecule is Fc1ccc2[se]c(Cc3ccccc3)nc2c1. The molecule has 3 aromatic rings. The number of aromatic nitrogens is 1. The average molecular weight is 290 g/mol. The van der Waals surface area contributed by atoms with Crippen molar-refractivity contribution in [1.29, 1.82) is 0 Å². The van der Waals surface area contributed by atoms with Crippen LogP contribution < -0.4 is 0 Å². The standard InChI is InChI=1S/C14H10FNSe/c15-11-6-7-13-12(9-11)16-14(17-13)8-10-4-2-1-3-5-10/h1-7,9H,8H2. The van der Waals surface area contributed by atoms with Crippen LogP contribution in [0.2, 0.25) is 0 Å². The van der Waals surface area contributed by atoms with Crippen LogP contribution in [0.4, 0.5) is 4.39 Å². The first-order valence-corrected chi connectivity index (χ1v) is 7.11. The summed E-state index contributed by atoms with van der Waals surface area (Å²) in [4.78, 5) is 4.51. The van der Waals surface area contributed by atoms with Crippen LogP contribution in [0.5, 0.6) is 0 Å². The molecule has 84 valence electrons. The van der Waals surface area contributed by atoms with Gasteiger partial charge in [0.25, 0.3) is 0 Å². The second-order valence-corrected chi connectivity index (χ2v) is 6.22. The third kappa shape index (κ3) is 2.31. The second-order valence-electron chi connectivity index (χ2n) is 3.88. The van der Waals surface area contributed by atoms with Crippen LogP contribution in [-0.4, -0.2) is 19.5 Å². The van der Waals surface area contributed by atoms with Crippen molar-refractivity contribution in [1.82, 2.24) is 4.98 Å². The van der Waals surface area contributed by atoms with Crippen LogP contribution in [-0.2, 0) is 6.42 Å². The Morgan fingerprint density at radius 2 is 1.88 bits per heavy atom. The van der Waals surface area contributed by atoms with Gasteiger partial charge in [-0.25, -0.2) is 0 Å². The summed E-state index contributed by atoms with van der Waals surface area (Å²) in [5, 5.41) is 0. The Labute approximate surface area is 105 Å². The molecule has 1 aromatic heterocycles. The Balaban J connectivity index is 1.96. The van der Waals surface area contributed by atoms with E-state index in [2.05, 4.69) is 17.1 Å². The molecule has 0 saturated heterocycles. The quantitative estimate of drug-likeness (QED) is 0.661. The zero-order valence-corrected chi connectivity index (χ0v) is 10.8. The number of hydrogen-bond acceptors (Lipinski definition) is 1. The molecule has 0 bridgehead atoms. The molecule has 0 radical (unpaired) electrons. The van der Waals surface area contributed by atoms with Crippen LogP contribution in [0.3, 0.4) is 0 Å². The zero-order valence-electron chi connectivity index (χ0n) is 9.06. The summed E-state index contributed by atoms with van der Waals surface area (Å²) in [6.07, 6.45) is 0.872. The Morgan fingerprint density at radius 1 is 1.06 bits per heavy atom. The topological polar surface area (TPSA) is 12.9 Å². The molecule has 1 nitrogen and oxygen atoms in total. The number of rotatable bonds is 2.